The largest absolute Gasteiger partial charge is 0.370 e. The minimum absolute atomic E-state index is 0.121. The molecule has 1 saturated heterocycles. The number of carbonyl (C=O) groups excluding carboxylic acids is 2. The van der Waals surface area contributed by atoms with Crippen molar-refractivity contribution in [3.63, 3.8) is 0 Å². The van der Waals surface area contributed by atoms with E-state index in [1.165, 1.54) is 6.33 Å². The first-order valence-electron chi connectivity index (χ1n) is 5.78. The lowest BCUT2D eigenvalue weighted by Crippen LogP contribution is -2.57. The Morgan fingerprint density at radius 1 is 1.50 bits per heavy atom. The molecule has 0 radical (unpaired) electrons. The second-order valence-electron chi connectivity index (χ2n) is 4.01. The number of aromatic nitrogens is 2. The first-order chi connectivity index (χ1) is 8.61. The number of rotatable bonds is 3. The van der Waals surface area contributed by atoms with Gasteiger partial charge in [-0.15, -0.1) is 0 Å². The molecule has 1 aliphatic heterocycles. The second kappa shape index (κ2) is 4.99. The third kappa shape index (κ3) is 2.39. The molecule has 96 valence electrons. The van der Waals surface area contributed by atoms with Gasteiger partial charge in [0.1, 0.15) is 24.0 Å². The molecule has 2 amide bonds. The minimum Gasteiger partial charge on any atom is -0.370 e. The summed E-state index contributed by atoms with van der Waals surface area (Å²) in [6.07, 6.45) is 1.41. The average molecular weight is 249 g/mol. The van der Waals surface area contributed by atoms with Crippen LogP contribution in [-0.4, -0.2) is 40.9 Å². The number of nitrogens with one attached hydrogen (secondary N) is 2. The van der Waals surface area contributed by atoms with Crippen LogP contribution < -0.4 is 15.5 Å². The van der Waals surface area contributed by atoms with E-state index in [1.807, 2.05) is 6.92 Å². The molecule has 0 bridgehead atoms. The second-order valence-corrected chi connectivity index (χ2v) is 4.01. The van der Waals surface area contributed by atoms with Crippen molar-refractivity contribution >= 4 is 23.5 Å². The maximum absolute atomic E-state index is 11.6. The number of amides is 2. The zero-order valence-corrected chi connectivity index (χ0v) is 10.3. The van der Waals surface area contributed by atoms with Crippen LogP contribution in [0.2, 0.25) is 0 Å². The SMILES string of the molecule is CCNc1cc(N2CC(=O)NC(=O)C2C)ncn1. The fourth-order valence-electron chi connectivity index (χ4n) is 1.78. The molecule has 1 unspecified atom stereocenters. The summed E-state index contributed by atoms with van der Waals surface area (Å²) in [4.78, 5) is 32.8. The predicted octanol–water partition coefficient (Wildman–Crippen LogP) is -0.240. The Bertz CT molecular complexity index is 476. The van der Waals surface area contributed by atoms with Crippen molar-refractivity contribution in [3.8, 4) is 0 Å². The van der Waals surface area contributed by atoms with E-state index in [0.29, 0.717) is 11.6 Å². The number of anilines is 2. The lowest BCUT2D eigenvalue weighted by molar-refractivity contribution is -0.132. The monoisotopic (exact) mass is 249 g/mol. The molecule has 1 aromatic rings. The van der Waals surface area contributed by atoms with Gasteiger partial charge in [-0.2, -0.15) is 0 Å². The van der Waals surface area contributed by atoms with Gasteiger partial charge in [0.15, 0.2) is 0 Å². The Morgan fingerprint density at radius 2 is 2.28 bits per heavy atom. The Morgan fingerprint density at radius 3 is 3.00 bits per heavy atom. The molecule has 0 aromatic carbocycles. The Hall–Kier alpha value is -2.18. The van der Waals surface area contributed by atoms with E-state index in [2.05, 4.69) is 20.6 Å². The average Bonchev–Trinajstić information content (AvgIpc) is 2.34. The number of hydrogen-bond acceptors (Lipinski definition) is 6. The third-order valence-corrected chi connectivity index (χ3v) is 2.73. The number of nitrogens with zero attached hydrogens (tertiary/aromatic N) is 3. The summed E-state index contributed by atoms with van der Waals surface area (Å²) in [7, 11) is 0. The molecule has 1 aromatic heterocycles. The first kappa shape index (κ1) is 12.3. The van der Waals surface area contributed by atoms with Crippen LogP contribution in [0.3, 0.4) is 0 Å². The Labute approximate surface area is 105 Å². The summed E-state index contributed by atoms with van der Waals surface area (Å²) in [5.74, 6) is 0.612. The van der Waals surface area contributed by atoms with Gasteiger partial charge in [0.25, 0.3) is 0 Å². The van der Waals surface area contributed by atoms with Gasteiger partial charge < -0.3 is 10.2 Å². The summed E-state index contributed by atoms with van der Waals surface area (Å²) in [6.45, 7) is 4.56. The van der Waals surface area contributed by atoms with Gasteiger partial charge in [-0.25, -0.2) is 9.97 Å². The maximum Gasteiger partial charge on any atom is 0.249 e. The molecular weight excluding hydrogens is 234 g/mol. The summed E-state index contributed by atoms with van der Waals surface area (Å²) >= 11 is 0. The van der Waals surface area contributed by atoms with Crippen molar-refractivity contribution in [2.75, 3.05) is 23.3 Å². The normalized spacial score (nSPS) is 19.7. The Balaban J connectivity index is 2.26. The fourth-order valence-corrected chi connectivity index (χ4v) is 1.78. The molecule has 7 heteroatoms. The van der Waals surface area contributed by atoms with Crippen molar-refractivity contribution in [3.05, 3.63) is 12.4 Å². The summed E-state index contributed by atoms with van der Waals surface area (Å²) in [5, 5.41) is 5.35. The van der Waals surface area contributed by atoms with Gasteiger partial charge in [0.05, 0.1) is 6.54 Å². The molecule has 1 fully saturated rings. The van der Waals surface area contributed by atoms with E-state index in [4.69, 9.17) is 0 Å². The van der Waals surface area contributed by atoms with Crippen LogP contribution in [0, 0.1) is 0 Å². The van der Waals surface area contributed by atoms with E-state index in [-0.39, 0.29) is 18.4 Å². The summed E-state index contributed by atoms with van der Waals surface area (Å²) in [5.41, 5.74) is 0. The zero-order chi connectivity index (χ0) is 13.1. The van der Waals surface area contributed by atoms with Crippen LogP contribution in [0.1, 0.15) is 13.8 Å². The van der Waals surface area contributed by atoms with E-state index < -0.39 is 6.04 Å². The van der Waals surface area contributed by atoms with Crippen molar-refractivity contribution in [2.24, 2.45) is 0 Å². The highest BCUT2D eigenvalue weighted by Crippen LogP contribution is 2.18. The van der Waals surface area contributed by atoms with Gasteiger partial charge in [-0.3, -0.25) is 14.9 Å². The number of hydrogen-bond donors (Lipinski definition) is 2. The molecule has 2 N–H and O–H groups in total. The van der Waals surface area contributed by atoms with E-state index in [1.54, 1.807) is 17.9 Å². The van der Waals surface area contributed by atoms with Crippen LogP contribution >= 0.6 is 0 Å². The van der Waals surface area contributed by atoms with Crippen LogP contribution in [0.15, 0.2) is 12.4 Å². The smallest absolute Gasteiger partial charge is 0.249 e. The molecule has 7 nitrogen and oxygen atoms in total. The fraction of sp³-hybridized carbons (Fsp3) is 0.455. The molecule has 0 spiro atoms. The lowest BCUT2D eigenvalue weighted by Gasteiger charge is -2.32. The summed E-state index contributed by atoms with van der Waals surface area (Å²) in [6, 6.07) is 1.30. The standard InChI is InChI=1S/C11H15N5O2/c1-3-12-8-4-9(14-6-13-8)16-5-10(17)15-11(18)7(16)2/h4,6-7H,3,5H2,1-2H3,(H,12,13,14)(H,15,17,18). The molecule has 2 heterocycles. The maximum atomic E-state index is 11.6. The minimum atomic E-state index is -0.424. The van der Waals surface area contributed by atoms with Gasteiger partial charge in [-0.05, 0) is 13.8 Å². The van der Waals surface area contributed by atoms with Gasteiger partial charge >= 0.3 is 0 Å². The summed E-state index contributed by atoms with van der Waals surface area (Å²) < 4.78 is 0. The van der Waals surface area contributed by atoms with Crippen molar-refractivity contribution < 1.29 is 9.59 Å². The van der Waals surface area contributed by atoms with Crippen LogP contribution in [0.25, 0.3) is 0 Å². The van der Waals surface area contributed by atoms with Crippen LogP contribution in [0.5, 0.6) is 0 Å². The van der Waals surface area contributed by atoms with Crippen molar-refractivity contribution in [2.45, 2.75) is 19.9 Å². The molecule has 0 saturated carbocycles. The van der Waals surface area contributed by atoms with Crippen LogP contribution in [0.4, 0.5) is 11.6 Å². The van der Waals surface area contributed by atoms with Crippen molar-refractivity contribution in [1.29, 1.82) is 0 Å². The number of piperazine rings is 1. The molecule has 1 atom stereocenters. The van der Waals surface area contributed by atoms with Crippen molar-refractivity contribution in [1.82, 2.24) is 15.3 Å². The molecule has 2 rings (SSSR count). The first-order valence-corrected chi connectivity index (χ1v) is 5.78. The highest BCUT2D eigenvalue weighted by atomic mass is 16.2. The Kier molecular flexibility index (Phi) is 3.40. The highest BCUT2D eigenvalue weighted by molar-refractivity contribution is 6.04. The molecule has 1 aliphatic rings. The third-order valence-electron chi connectivity index (χ3n) is 2.73. The molecular formula is C11H15N5O2. The number of carbonyl (C=O) groups is 2. The van der Waals surface area contributed by atoms with Gasteiger partial charge in [0.2, 0.25) is 11.8 Å². The topological polar surface area (TPSA) is 87.2 Å². The zero-order valence-electron chi connectivity index (χ0n) is 10.3. The number of imide groups is 1. The highest BCUT2D eigenvalue weighted by Gasteiger charge is 2.31. The van der Waals surface area contributed by atoms with Gasteiger partial charge in [-0.1, -0.05) is 0 Å². The molecule has 0 aliphatic carbocycles. The van der Waals surface area contributed by atoms with E-state index >= 15 is 0 Å². The van der Waals surface area contributed by atoms with Crippen LogP contribution in [-0.2, 0) is 9.59 Å². The predicted molar refractivity (Wildman–Crippen MR) is 66.2 cm³/mol. The van der Waals surface area contributed by atoms with Gasteiger partial charge in [0, 0.05) is 12.6 Å². The van der Waals surface area contributed by atoms with E-state index in [0.717, 1.165) is 6.54 Å². The van der Waals surface area contributed by atoms with E-state index in [9.17, 15) is 9.59 Å². The quantitative estimate of drug-likeness (QED) is 0.719. The molecule has 18 heavy (non-hydrogen) atoms. The lowest BCUT2D eigenvalue weighted by atomic mass is 10.2.